The molecule has 1 aromatic rings. The van der Waals surface area contributed by atoms with Gasteiger partial charge in [-0.05, 0) is 36.8 Å². The van der Waals surface area contributed by atoms with Gasteiger partial charge in [-0.25, -0.2) is 8.78 Å². The molecule has 0 bridgehead atoms. The number of hydrogen-bond donors (Lipinski definition) is 2. The summed E-state index contributed by atoms with van der Waals surface area (Å²) >= 11 is 0. The normalized spacial score (nSPS) is 15.8. The van der Waals surface area contributed by atoms with Crippen molar-refractivity contribution in [3.8, 4) is 0 Å². The summed E-state index contributed by atoms with van der Waals surface area (Å²) in [6, 6.07) is 2.15. The number of hydrogen-bond acceptors (Lipinski definition) is 2. The van der Waals surface area contributed by atoms with Crippen LogP contribution in [0, 0.1) is 17.0 Å². The Hall–Kier alpha value is -1.65. The monoisotopic (exact) mass is 282 g/mol. The van der Waals surface area contributed by atoms with Crippen LogP contribution in [0.1, 0.15) is 43.5 Å². The molecular formula is C15H20F2N2O. The van der Waals surface area contributed by atoms with Gasteiger partial charge < -0.3 is 10.6 Å². The lowest BCUT2D eigenvalue weighted by molar-refractivity contribution is 0.0945. The minimum Gasteiger partial charge on any atom is -0.380 e. The number of benzene rings is 1. The third-order valence-electron chi connectivity index (χ3n) is 3.64. The first kappa shape index (κ1) is 14.8. The molecule has 5 heteroatoms. The molecule has 0 heterocycles. The number of halogens is 2. The van der Waals surface area contributed by atoms with Gasteiger partial charge in [0.1, 0.15) is 17.3 Å². The summed E-state index contributed by atoms with van der Waals surface area (Å²) in [6.07, 6.45) is 2.92. The first-order chi connectivity index (χ1) is 9.45. The second-order valence-electron chi connectivity index (χ2n) is 5.74. The quantitative estimate of drug-likeness (QED) is 0.840. The van der Waals surface area contributed by atoms with Crippen LogP contribution in [0.4, 0.5) is 14.5 Å². The molecule has 0 spiro atoms. The van der Waals surface area contributed by atoms with Crippen LogP contribution in [0.25, 0.3) is 0 Å². The van der Waals surface area contributed by atoms with E-state index in [1.54, 1.807) is 0 Å². The number of carbonyl (C=O) groups is 1. The van der Waals surface area contributed by atoms with E-state index in [0.29, 0.717) is 13.1 Å². The second-order valence-corrected chi connectivity index (χ2v) is 5.74. The number of carbonyl (C=O) groups excluding carboxylic acids is 1. The summed E-state index contributed by atoms with van der Waals surface area (Å²) in [4.78, 5) is 11.9. The predicted octanol–water partition coefficient (Wildman–Crippen LogP) is 3.32. The van der Waals surface area contributed by atoms with E-state index >= 15 is 0 Å². The van der Waals surface area contributed by atoms with Crippen molar-refractivity contribution < 1.29 is 13.6 Å². The van der Waals surface area contributed by atoms with Crippen LogP contribution in [0.2, 0.25) is 0 Å². The summed E-state index contributed by atoms with van der Waals surface area (Å²) in [6.45, 7) is 5.01. The minimum atomic E-state index is -0.735. The zero-order valence-corrected chi connectivity index (χ0v) is 11.9. The minimum absolute atomic E-state index is 0.0197. The summed E-state index contributed by atoms with van der Waals surface area (Å²) in [5, 5.41) is 5.41. The van der Waals surface area contributed by atoms with E-state index in [-0.39, 0.29) is 16.7 Å². The van der Waals surface area contributed by atoms with Crippen LogP contribution in [0.15, 0.2) is 12.1 Å². The van der Waals surface area contributed by atoms with E-state index < -0.39 is 17.5 Å². The van der Waals surface area contributed by atoms with Gasteiger partial charge >= 0.3 is 0 Å². The van der Waals surface area contributed by atoms with E-state index in [1.807, 2.05) is 6.92 Å². The topological polar surface area (TPSA) is 41.1 Å². The summed E-state index contributed by atoms with van der Waals surface area (Å²) in [7, 11) is 0. The van der Waals surface area contributed by atoms with Crippen molar-refractivity contribution in [3.63, 3.8) is 0 Å². The fraction of sp³-hybridized carbons (Fsp3) is 0.533. The lowest BCUT2D eigenvalue weighted by Gasteiger charge is -2.12. The highest BCUT2D eigenvalue weighted by Crippen LogP contribution is 2.44. The molecule has 0 saturated heterocycles. The van der Waals surface area contributed by atoms with Gasteiger partial charge in [-0.3, -0.25) is 4.79 Å². The number of nitrogens with one attached hydrogen (secondary N) is 2. The van der Waals surface area contributed by atoms with Gasteiger partial charge in [-0.2, -0.15) is 0 Å². The van der Waals surface area contributed by atoms with Gasteiger partial charge in [0.05, 0.1) is 0 Å². The maximum Gasteiger partial charge on any atom is 0.251 e. The molecule has 0 atom stereocenters. The van der Waals surface area contributed by atoms with E-state index in [2.05, 4.69) is 17.6 Å². The molecule has 0 unspecified atom stereocenters. The average molecular weight is 282 g/mol. The summed E-state index contributed by atoms with van der Waals surface area (Å²) < 4.78 is 27.6. The molecule has 0 radical (unpaired) electrons. The van der Waals surface area contributed by atoms with E-state index in [1.165, 1.54) is 0 Å². The molecule has 2 rings (SSSR count). The van der Waals surface area contributed by atoms with Crippen LogP contribution in [0.3, 0.4) is 0 Å². The van der Waals surface area contributed by atoms with Gasteiger partial charge in [0, 0.05) is 18.7 Å². The molecule has 20 heavy (non-hydrogen) atoms. The molecule has 110 valence electrons. The third-order valence-corrected chi connectivity index (χ3v) is 3.64. The first-order valence-corrected chi connectivity index (χ1v) is 6.96. The molecule has 1 aliphatic rings. The Balaban J connectivity index is 2.06. The molecule has 0 aromatic heterocycles. The largest absolute Gasteiger partial charge is 0.380 e. The van der Waals surface area contributed by atoms with Gasteiger partial charge in [0.15, 0.2) is 0 Å². The van der Waals surface area contributed by atoms with Gasteiger partial charge in [-0.1, -0.05) is 13.8 Å². The fourth-order valence-electron chi connectivity index (χ4n) is 1.91. The zero-order valence-electron chi connectivity index (χ0n) is 11.9. The fourth-order valence-corrected chi connectivity index (χ4v) is 1.91. The second kappa shape index (κ2) is 5.77. The van der Waals surface area contributed by atoms with Crippen molar-refractivity contribution in [2.24, 2.45) is 5.41 Å². The van der Waals surface area contributed by atoms with Crippen LogP contribution >= 0.6 is 0 Å². The van der Waals surface area contributed by atoms with Crippen molar-refractivity contribution >= 4 is 11.6 Å². The van der Waals surface area contributed by atoms with Crippen molar-refractivity contribution in [2.75, 3.05) is 18.4 Å². The van der Waals surface area contributed by atoms with Crippen molar-refractivity contribution in [1.29, 1.82) is 0 Å². The number of anilines is 1. The Kier molecular flexibility index (Phi) is 4.26. The summed E-state index contributed by atoms with van der Waals surface area (Å²) in [5.41, 5.74) is 0.0129. The molecule has 1 aliphatic carbocycles. The van der Waals surface area contributed by atoms with Crippen LogP contribution in [0.5, 0.6) is 0 Å². The zero-order chi connectivity index (χ0) is 14.8. The van der Waals surface area contributed by atoms with Crippen LogP contribution in [-0.2, 0) is 0 Å². The maximum absolute atomic E-state index is 13.8. The molecule has 1 aromatic carbocycles. The molecule has 0 aliphatic heterocycles. The Morgan fingerprint density at radius 2 is 1.90 bits per heavy atom. The van der Waals surface area contributed by atoms with Gasteiger partial charge in [0.2, 0.25) is 0 Å². The van der Waals surface area contributed by atoms with Crippen LogP contribution < -0.4 is 10.6 Å². The smallest absolute Gasteiger partial charge is 0.251 e. The van der Waals surface area contributed by atoms with E-state index in [4.69, 9.17) is 0 Å². The highest BCUT2D eigenvalue weighted by molar-refractivity contribution is 5.94. The molecule has 1 amide bonds. The molecule has 1 fully saturated rings. The first-order valence-electron chi connectivity index (χ1n) is 6.96. The standard InChI is InChI=1S/C15H20F2N2O/c1-3-6-18-13-11(16)7-10(8-12(13)17)14(20)19-9-15(2)4-5-15/h7-8,18H,3-6,9H2,1-2H3,(H,19,20). The third kappa shape index (κ3) is 3.46. The summed E-state index contributed by atoms with van der Waals surface area (Å²) in [5.74, 6) is -1.90. The number of rotatable bonds is 6. The van der Waals surface area contributed by atoms with Gasteiger partial charge in [-0.15, -0.1) is 0 Å². The highest BCUT2D eigenvalue weighted by atomic mass is 19.1. The Bertz CT molecular complexity index is 490. The van der Waals surface area contributed by atoms with E-state index in [0.717, 1.165) is 31.4 Å². The SMILES string of the molecule is CCCNc1c(F)cc(C(=O)NCC2(C)CC2)cc1F. The average Bonchev–Trinajstić information content (AvgIpc) is 3.13. The van der Waals surface area contributed by atoms with E-state index in [9.17, 15) is 13.6 Å². The molecular weight excluding hydrogens is 262 g/mol. The lowest BCUT2D eigenvalue weighted by Crippen LogP contribution is -2.29. The molecule has 2 N–H and O–H groups in total. The predicted molar refractivity (Wildman–Crippen MR) is 74.8 cm³/mol. The highest BCUT2D eigenvalue weighted by Gasteiger charge is 2.37. The molecule has 1 saturated carbocycles. The van der Waals surface area contributed by atoms with Crippen molar-refractivity contribution in [2.45, 2.75) is 33.1 Å². The Labute approximate surface area is 117 Å². The van der Waals surface area contributed by atoms with Crippen LogP contribution in [-0.4, -0.2) is 19.0 Å². The van der Waals surface area contributed by atoms with Crippen molar-refractivity contribution in [3.05, 3.63) is 29.3 Å². The molecule has 3 nitrogen and oxygen atoms in total. The Morgan fingerprint density at radius 3 is 2.40 bits per heavy atom. The van der Waals surface area contributed by atoms with Gasteiger partial charge in [0.25, 0.3) is 5.91 Å². The maximum atomic E-state index is 13.8. The van der Waals surface area contributed by atoms with Crippen molar-refractivity contribution in [1.82, 2.24) is 5.32 Å². The Morgan fingerprint density at radius 1 is 1.30 bits per heavy atom. The lowest BCUT2D eigenvalue weighted by atomic mass is 10.1. The number of amides is 1.